The Bertz CT molecular complexity index is 442. The number of amides is 1. The number of hydrogen-bond acceptors (Lipinski definition) is 2. The van der Waals surface area contributed by atoms with E-state index < -0.39 is 5.97 Å². The molecule has 0 aromatic heterocycles. The molecule has 0 heterocycles. The van der Waals surface area contributed by atoms with Crippen molar-refractivity contribution in [1.29, 1.82) is 0 Å². The maximum Gasteiger partial charge on any atom is 0.322 e. The molecule has 0 saturated heterocycles. The Morgan fingerprint density at radius 3 is 2.71 bits per heavy atom. The van der Waals surface area contributed by atoms with Crippen molar-refractivity contribution in [2.24, 2.45) is 5.92 Å². The Hall–Kier alpha value is -1.84. The molecule has 1 atom stereocenters. The van der Waals surface area contributed by atoms with E-state index in [-0.39, 0.29) is 18.4 Å². The number of carbonyl (C=O) groups excluding carboxylic acids is 1. The van der Waals surface area contributed by atoms with Crippen LogP contribution >= 0.6 is 0 Å². The zero-order valence-corrected chi connectivity index (χ0v) is 9.48. The van der Waals surface area contributed by atoms with Gasteiger partial charge < -0.3 is 10.4 Å². The Labute approximate surface area is 99.6 Å². The Balaban J connectivity index is 1.97. The van der Waals surface area contributed by atoms with Gasteiger partial charge >= 0.3 is 5.97 Å². The summed E-state index contributed by atoms with van der Waals surface area (Å²) in [7, 11) is 0. The van der Waals surface area contributed by atoms with Gasteiger partial charge in [0.15, 0.2) is 0 Å². The molecule has 0 fully saturated rings. The first kappa shape index (κ1) is 11.6. The molecule has 90 valence electrons. The molecule has 1 aromatic rings. The van der Waals surface area contributed by atoms with Crippen LogP contribution in [0.25, 0.3) is 0 Å². The largest absolute Gasteiger partial charge is 0.480 e. The van der Waals surface area contributed by atoms with E-state index in [0.29, 0.717) is 6.42 Å². The number of nitrogens with one attached hydrogen (secondary N) is 1. The Kier molecular flexibility index (Phi) is 3.42. The summed E-state index contributed by atoms with van der Waals surface area (Å²) < 4.78 is 0. The monoisotopic (exact) mass is 233 g/mol. The SMILES string of the molecule is O=C(O)CNC(=O)C1CCc2ccccc2C1. The standard InChI is InChI=1S/C13H15NO3/c15-12(16)8-14-13(17)11-6-5-9-3-1-2-4-10(9)7-11/h1-4,11H,5-8H2,(H,14,17)(H,15,16). The van der Waals surface area contributed by atoms with Crippen LogP contribution in [0.4, 0.5) is 0 Å². The summed E-state index contributed by atoms with van der Waals surface area (Å²) in [5, 5.41) is 10.9. The topological polar surface area (TPSA) is 66.4 Å². The van der Waals surface area contributed by atoms with Crippen LogP contribution < -0.4 is 5.32 Å². The quantitative estimate of drug-likeness (QED) is 0.818. The fourth-order valence-electron chi connectivity index (χ4n) is 2.23. The number of aryl methyl sites for hydroxylation is 1. The second kappa shape index (κ2) is 4.99. The first-order chi connectivity index (χ1) is 8.16. The molecule has 1 unspecified atom stereocenters. The Morgan fingerprint density at radius 1 is 1.29 bits per heavy atom. The van der Waals surface area contributed by atoms with Gasteiger partial charge in [0, 0.05) is 5.92 Å². The maximum absolute atomic E-state index is 11.7. The van der Waals surface area contributed by atoms with Gasteiger partial charge in [0.05, 0.1) is 0 Å². The number of benzene rings is 1. The molecule has 17 heavy (non-hydrogen) atoms. The fourth-order valence-corrected chi connectivity index (χ4v) is 2.23. The van der Waals surface area contributed by atoms with Crippen molar-refractivity contribution in [2.75, 3.05) is 6.54 Å². The van der Waals surface area contributed by atoms with Crippen LogP contribution in [0.5, 0.6) is 0 Å². The zero-order valence-electron chi connectivity index (χ0n) is 9.48. The second-order valence-corrected chi connectivity index (χ2v) is 4.32. The third kappa shape index (κ3) is 2.84. The molecule has 0 bridgehead atoms. The zero-order chi connectivity index (χ0) is 12.3. The van der Waals surface area contributed by atoms with Gasteiger partial charge in [-0.3, -0.25) is 9.59 Å². The molecular formula is C13H15NO3. The van der Waals surface area contributed by atoms with Gasteiger partial charge in [-0.15, -0.1) is 0 Å². The van der Waals surface area contributed by atoms with Crippen LogP contribution in [0.15, 0.2) is 24.3 Å². The van der Waals surface area contributed by atoms with Crippen LogP contribution in [-0.4, -0.2) is 23.5 Å². The van der Waals surface area contributed by atoms with E-state index in [0.717, 1.165) is 12.8 Å². The Morgan fingerprint density at radius 2 is 2.00 bits per heavy atom. The number of aliphatic carboxylic acids is 1. The van der Waals surface area contributed by atoms with Gasteiger partial charge in [0.2, 0.25) is 5.91 Å². The first-order valence-corrected chi connectivity index (χ1v) is 5.73. The molecule has 1 aromatic carbocycles. The van der Waals surface area contributed by atoms with Crippen molar-refractivity contribution in [3.63, 3.8) is 0 Å². The van der Waals surface area contributed by atoms with Crippen LogP contribution in [0.3, 0.4) is 0 Å². The van der Waals surface area contributed by atoms with Crippen molar-refractivity contribution in [3.05, 3.63) is 35.4 Å². The highest BCUT2D eigenvalue weighted by Gasteiger charge is 2.24. The number of hydrogen-bond donors (Lipinski definition) is 2. The maximum atomic E-state index is 11.7. The molecule has 0 aliphatic heterocycles. The van der Waals surface area contributed by atoms with Crippen molar-refractivity contribution in [3.8, 4) is 0 Å². The van der Waals surface area contributed by atoms with E-state index in [9.17, 15) is 9.59 Å². The van der Waals surface area contributed by atoms with E-state index in [2.05, 4.69) is 11.4 Å². The molecule has 0 spiro atoms. The molecule has 4 nitrogen and oxygen atoms in total. The summed E-state index contributed by atoms with van der Waals surface area (Å²) in [5.74, 6) is -1.25. The van der Waals surface area contributed by atoms with Gasteiger partial charge in [-0.25, -0.2) is 0 Å². The lowest BCUT2D eigenvalue weighted by atomic mass is 9.83. The molecular weight excluding hydrogens is 218 g/mol. The fraction of sp³-hybridized carbons (Fsp3) is 0.385. The van der Waals surface area contributed by atoms with E-state index in [4.69, 9.17) is 5.11 Å². The van der Waals surface area contributed by atoms with Gasteiger partial charge in [-0.05, 0) is 30.4 Å². The molecule has 0 saturated carbocycles. The predicted octanol–water partition coefficient (Wildman–Crippen LogP) is 0.992. The van der Waals surface area contributed by atoms with Gasteiger partial charge in [0.1, 0.15) is 6.54 Å². The first-order valence-electron chi connectivity index (χ1n) is 5.73. The lowest BCUT2D eigenvalue weighted by molar-refractivity contribution is -0.138. The van der Waals surface area contributed by atoms with Gasteiger partial charge in [-0.1, -0.05) is 24.3 Å². The van der Waals surface area contributed by atoms with Crippen LogP contribution in [0.1, 0.15) is 17.5 Å². The second-order valence-electron chi connectivity index (χ2n) is 4.32. The minimum atomic E-state index is -1.01. The normalized spacial score (nSPS) is 18.2. The summed E-state index contributed by atoms with van der Waals surface area (Å²) in [6.07, 6.45) is 2.39. The summed E-state index contributed by atoms with van der Waals surface area (Å²) >= 11 is 0. The van der Waals surface area contributed by atoms with Gasteiger partial charge in [-0.2, -0.15) is 0 Å². The highest BCUT2D eigenvalue weighted by molar-refractivity contribution is 5.83. The third-order valence-corrected chi connectivity index (χ3v) is 3.13. The lowest BCUT2D eigenvalue weighted by Gasteiger charge is -2.23. The molecule has 1 aliphatic carbocycles. The molecule has 2 rings (SSSR count). The van der Waals surface area contributed by atoms with Crippen LogP contribution in [0.2, 0.25) is 0 Å². The third-order valence-electron chi connectivity index (χ3n) is 3.13. The molecule has 1 amide bonds. The number of carboxylic acid groups (broad SMARTS) is 1. The van der Waals surface area contributed by atoms with Crippen molar-refractivity contribution in [2.45, 2.75) is 19.3 Å². The van der Waals surface area contributed by atoms with Crippen molar-refractivity contribution < 1.29 is 14.7 Å². The molecule has 4 heteroatoms. The van der Waals surface area contributed by atoms with E-state index in [1.54, 1.807) is 0 Å². The summed E-state index contributed by atoms with van der Waals surface area (Å²) in [6.45, 7) is -0.295. The lowest BCUT2D eigenvalue weighted by Crippen LogP contribution is -2.36. The molecule has 2 N–H and O–H groups in total. The van der Waals surface area contributed by atoms with E-state index >= 15 is 0 Å². The van der Waals surface area contributed by atoms with Crippen LogP contribution in [-0.2, 0) is 22.4 Å². The van der Waals surface area contributed by atoms with Crippen molar-refractivity contribution >= 4 is 11.9 Å². The number of fused-ring (bicyclic) bond motifs is 1. The number of rotatable bonds is 3. The number of carboxylic acids is 1. The summed E-state index contributed by atoms with van der Waals surface area (Å²) in [6, 6.07) is 8.09. The minimum absolute atomic E-state index is 0.0933. The number of carbonyl (C=O) groups is 2. The average molecular weight is 233 g/mol. The van der Waals surface area contributed by atoms with Gasteiger partial charge in [0.25, 0.3) is 0 Å². The smallest absolute Gasteiger partial charge is 0.322 e. The van der Waals surface area contributed by atoms with Crippen molar-refractivity contribution in [1.82, 2.24) is 5.32 Å². The molecule has 0 radical (unpaired) electrons. The average Bonchev–Trinajstić information content (AvgIpc) is 2.35. The summed E-state index contributed by atoms with van der Waals surface area (Å²) in [5.41, 5.74) is 2.50. The highest BCUT2D eigenvalue weighted by Crippen LogP contribution is 2.25. The minimum Gasteiger partial charge on any atom is -0.480 e. The predicted molar refractivity (Wildman–Crippen MR) is 62.6 cm³/mol. The van der Waals surface area contributed by atoms with E-state index in [1.807, 2.05) is 18.2 Å². The van der Waals surface area contributed by atoms with Crippen LogP contribution in [0, 0.1) is 5.92 Å². The highest BCUT2D eigenvalue weighted by atomic mass is 16.4. The van der Waals surface area contributed by atoms with E-state index in [1.165, 1.54) is 11.1 Å². The summed E-state index contributed by atoms with van der Waals surface area (Å²) in [4.78, 5) is 22.1. The molecule has 1 aliphatic rings.